The van der Waals surface area contributed by atoms with E-state index in [1.54, 1.807) is 30.3 Å². The monoisotopic (exact) mass is 379 g/mol. The lowest BCUT2D eigenvalue weighted by Crippen LogP contribution is -2.15. The molecule has 144 valence electrons. The number of carbonyl (C=O) groups is 2. The summed E-state index contributed by atoms with van der Waals surface area (Å²) < 4.78 is 16.7. The number of aryl methyl sites for hydroxylation is 2. The molecule has 0 saturated heterocycles. The van der Waals surface area contributed by atoms with E-state index >= 15 is 0 Å². The Kier molecular flexibility index (Phi) is 5.02. The molecule has 0 saturated carbocycles. The van der Waals surface area contributed by atoms with Gasteiger partial charge in [-0.25, -0.2) is 4.79 Å². The van der Waals surface area contributed by atoms with Gasteiger partial charge in [-0.2, -0.15) is 0 Å². The molecule has 2 N–H and O–H groups in total. The molecule has 0 bridgehead atoms. The van der Waals surface area contributed by atoms with Crippen LogP contribution in [-0.2, 0) is 29.0 Å². The largest absolute Gasteiger partial charge is 0.482 e. The van der Waals surface area contributed by atoms with Crippen LogP contribution < -0.4 is 10.5 Å². The van der Waals surface area contributed by atoms with Crippen LogP contribution in [-0.4, -0.2) is 18.5 Å². The van der Waals surface area contributed by atoms with Gasteiger partial charge in [-0.1, -0.05) is 12.1 Å². The van der Waals surface area contributed by atoms with Gasteiger partial charge in [0.15, 0.2) is 6.61 Å². The number of amides is 1. The van der Waals surface area contributed by atoms with Gasteiger partial charge in [0, 0.05) is 22.9 Å². The molecule has 4 rings (SSSR count). The standard InChI is InChI=1S/C22H21NO5/c23-22(25)15-7-5-14(6-8-15)12-27-21(24)13-26-16-9-10-20-18(11-16)17-3-1-2-4-19(17)28-20/h5-11H,1-4,12-13H2,(H2,23,25). The molecule has 2 aromatic carbocycles. The van der Waals surface area contributed by atoms with Crippen molar-refractivity contribution >= 4 is 22.8 Å². The summed E-state index contributed by atoms with van der Waals surface area (Å²) in [6, 6.07) is 12.2. The highest BCUT2D eigenvalue weighted by molar-refractivity contribution is 5.92. The second-order valence-electron chi connectivity index (χ2n) is 6.88. The van der Waals surface area contributed by atoms with E-state index in [-0.39, 0.29) is 13.2 Å². The van der Waals surface area contributed by atoms with Crippen molar-refractivity contribution in [3.63, 3.8) is 0 Å². The second kappa shape index (κ2) is 7.76. The zero-order valence-corrected chi connectivity index (χ0v) is 15.4. The third-order valence-electron chi connectivity index (χ3n) is 4.92. The Labute approximate surface area is 162 Å². The first-order valence-electron chi connectivity index (χ1n) is 9.31. The molecule has 1 amide bonds. The Morgan fingerprint density at radius 3 is 2.61 bits per heavy atom. The minimum Gasteiger partial charge on any atom is -0.482 e. The first kappa shape index (κ1) is 18.1. The second-order valence-corrected chi connectivity index (χ2v) is 6.88. The molecule has 1 aromatic heterocycles. The van der Waals surface area contributed by atoms with E-state index in [1.807, 2.05) is 12.1 Å². The zero-order valence-electron chi connectivity index (χ0n) is 15.4. The lowest BCUT2D eigenvalue weighted by molar-refractivity contribution is -0.147. The SMILES string of the molecule is NC(=O)c1ccc(COC(=O)COc2ccc3oc4c(c3c2)CCCC4)cc1. The van der Waals surface area contributed by atoms with Crippen LogP contribution in [0.15, 0.2) is 46.9 Å². The van der Waals surface area contributed by atoms with Gasteiger partial charge in [-0.15, -0.1) is 0 Å². The van der Waals surface area contributed by atoms with E-state index in [1.165, 1.54) is 12.0 Å². The maximum atomic E-state index is 12.0. The summed E-state index contributed by atoms with van der Waals surface area (Å²) in [5, 5.41) is 1.06. The molecule has 3 aromatic rings. The van der Waals surface area contributed by atoms with Crippen LogP contribution >= 0.6 is 0 Å². The minimum atomic E-state index is -0.493. The molecule has 6 heteroatoms. The van der Waals surface area contributed by atoms with Crippen LogP contribution in [0.3, 0.4) is 0 Å². The molecular formula is C22H21NO5. The highest BCUT2D eigenvalue weighted by atomic mass is 16.6. The third-order valence-corrected chi connectivity index (χ3v) is 4.92. The smallest absolute Gasteiger partial charge is 0.344 e. The van der Waals surface area contributed by atoms with Crippen LogP contribution in [0.4, 0.5) is 0 Å². The van der Waals surface area contributed by atoms with Gasteiger partial charge in [0.25, 0.3) is 0 Å². The van der Waals surface area contributed by atoms with Gasteiger partial charge >= 0.3 is 5.97 Å². The third kappa shape index (κ3) is 3.86. The van der Waals surface area contributed by atoms with Gasteiger partial charge in [-0.05, 0) is 55.2 Å². The number of furan rings is 1. The fourth-order valence-corrected chi connectivity index (χ4v) is 3.44. The molecule has 0 radical (unpaired) electrons. The molecule has 6 nitrogen and oxygen atoms in total. The number of hydrogen-bond donors (Lipinski definition) is 1. The maximum absolute atomic E-state index is 12.0. The van der Waals surface area contributed by atoms with Crippen molar-refractivity contribution in [1.82, 2.24) is 0 Å². The van der Waals surface area contributed by atoms with Crippen LogP contribution in [0.1, 0.15) is 40.1 Å². The zero-order chi connectivity index (χ0) is 19.5. The van der Waals surface area contributed by atoms with E-state index in [0.717, 1.165) is 41.6 Å². The van der Waals surface area contributed by atoms with E-state index in [0.29, 0.717) is 11.3 Å². The Morgan fingerprint density at radius 2 is 1.82 bits per heavy atom. The molecule has 1 heterocycles. The van der Waals surface area contributed by atoms with Crippen LogP contribution in [0.25, 0.3) is 11.0 Å². The highest BCUT2D eigenvalue weighted by Crippen LogP contribution is 2.33. The molecular weight excluding hydrogens is 358 g/mol. The summed E-state index contributed by atoms with van der Waals surface area (Å²) >= 11 is 0. The summed E-state index contributed by atoms with van der Waals surface area (Å²) in [6.45, 7) is -0.0690. The van der Waals surface area contributed by atoms with Crippen molar-refractivity contribution in [2.24, 2.45) is 5.73 Å². The number of carbonyl (C=O) groups excluding carboxylic acids is 2. The first-order valence-corrected chi connectivity index (χ1v) is 9.31. The lowest BCUT2D eigenvalue weighted by Gasteiger charge is -2.09. The van der Waals surface area contributed by atoms with Gasteiger partial charge < -0.3 is 19.6 Å². The topological polar surface area (TPSA) is 91.8 Å². The number of ether oxygens (including phenoxy) is 2. The first-order chi connectivity index (χ1) is 13.6. The van der Waals surface area contributed by atoms with Crippen molar-refractivity contribution in [2.75, 3.05) is 6.61 Å². The van der Waals surface area contributed by atoms with Crippen LogP contribution in [0, 0.1) is 0 Å². The summed E-state index contributed by atoms with van der Waals surface area (Å²) in [6.07, 6.45) is 4.32. The van der Waals surface area contributed by atoms with Crippen molar-refractivity contribution in [3.05, 3.63) is 64.9 Å². The number of fused-ring (bicyclic) bond motifs is 3. The summed E-state index contributed by atoms with van der Waals surface area (Å²) in [4.78, 5) is 23.0. The average molecular weight is 379 g/mol. The number of nitrogens with two attached hydrogens (primary N) is 1. The Bertz CT molecular complexity index is 1020. The molecule has 28 heavy (non-hydrogen) atoms. The highest BCUT2D eigenvalue weighted by Gasteiger charge is 2.18. The van der Waals surface area contributed by atoms with Crippen molar-refractivity contribution in [2.45, 2.75) is 32.3 Å². The molecule has 0 unspecified atom stereocenters. The van der Waals surface area contributed by atoms with E-state index in [9.17, 15) is 9.59 Å². The van der Waals surface area contributed by atoms with E-state index in [4.69, 9.17) is 19.6 Å². The summed E-state index contributed by atoms with van der Waals surface area (Å²) in [5.74, 6) is 0.727. The molecule has 0 atom stereocenters. The van der Waals surface area contributed by atoms with Crippen molar-refractivity contribution in [3.8, 4) is 5.75 Å². The van der Waals surface area contributed by atoms with Crippen LogP contribution in [0.5, 0.6) is 5.75 Å². The fraction of sp³-hybridized carbons (Fsp3) is 0.273. The summed E-state index contributed by atoms with van der Waals surface area (Å²) in [7, 11) is 0. The predicted molar refractivity (Wildman–Crippen MR) is 103 cm³/mol. The molecule has 0 fully saturated rings. The van der Waals surface area contributed by atoms with Gasteiger partial charge in [0.2, 0.25) is 5.91 Å². The van der Waals surface area contributed by atoms with Crippen molar-refractivity contribution in [1.29, 1.82) is 0 Å². The molecule has 0 aliphatic heterocycles. The molecule has 1 aliphatic rings. The van der Waals surface area contributed by atoms with E-state index in [2.05, 4.69) is 0 Å². The average Bonchev–Trinajstić information content (AvgIpc) is 3.09. The summed E-state index contributed by atoms with van der Waals surface area (Å²) in [5.41, 5.74) is 8.50. The Hall–Kier alpha value is -3.28. The predicted octanol–water partition coefficient (Wildman–Crippen LogP) is 3.53. The quantitative estimate of drug-likeness (QED) is 0.662. The van der Waals surface area contributed by atoms with Crippen molar-refractivity contribution < 1.29 is 23.5 Å². The van der Waals surface area contributed by atoms with Gasteiger partial charge in [-0.3, -0.25) is 4.79 Å². The molecule has 0 spiro atoms. The van der Waals surface area contributed by atoms with Crippen LogP contribution in [0.2, 0.25) is 0 Å². The Balaban J connectivity index is 1.33. The number of esters is 1. The van der Waals surface area contributed by atoms with E-state index < -0.39 is 11.9 Å². The number of primary amides is 1. The molecule has 1 aliphatic carbocycles. The normalized spacial score (nSPS) is 13.1. The van der Waals surface area contributed by atoms with Gasteiger partial charge in [0.1, 0.15) is 23.7 Å². The lowest BCUT2D eigenvalue weighted by atomic mass is 9.96. The number of benzene rings is 2. The number of hydrogen-bond acceptors (Lipinski definition) is 5. The fourth-order valence-electron chi connectivity index (χ4n) is 3.44. The maximum Gasteiger partial charge on any atom is 0.344 e. The Morgan fingerprint density at radius 1 is 1.04 bits per heavy atom. The number of rotatable bonds is 6. The van der Waals surface area contributed by atoms with Gasteiger partial charge in [0.05, 0.1) is 0 Å². The minimum absolute atomic E-state index is 0.107.